The third-order valence-corrected chi connectivity index (χ3v) is 6.86. The van der Waals surface area contributed by atoms with Crippen LogP contribution < -0.4 is 9.62 Å². The Morgan fingerprint density at radius 1 is 0.963 bits per heavy atom. The Morgan fingerprint density at radius 3 is 2.30 bits per heavy atom. The number of anilines is 1. The first-order chi connectivity index (χ1) is 13.0. The highest BCUT2D eigenvalue weighted by atomic mass is 32.2. The molecule has 0 atom stereocenters. The van der Waals surface area contributed by atoms with Gasteiger partial charge in [0.15, 0.2) is 0 Å². The van der Waals surface area contributed by atoms with Crippen LogP contribution in [0.5, 0.6) is 0 Å². The Bertz CT molecular complexity index is 873. The van der Waals surface area contributed by atoms with Crippen molar-refractivity contribution in [3.63, 3.8) is 0 Å². The molecule has 1 amide bonds. The molecule has 5 nitrogen and oxygen atoms in total. The van der Waals surface area contributed by atoms with Gasteiger partial charge in [-0.2, -0.15) is 0 Å². The second-order valence-electron chi connectivity index (χ2n) is 7.00. The molecular formula is C21H26N2O3S. The minimum atomic E-state index is -3.66. The van der Waals surface area contributed by atoms with E-state index in [0.717, 1.165) is 25.7 Å². The largest absolute Gasteiger partial charge is 0.349 e. The number of hydrogen-bond donors (Lipinski definition) is 1. The summed E-state index contributed by atoms with van der Waals surface area (Å²) in [4.78, 5) is 12.9. The van der Waals surface area contributed by atoms with E-state index in [1.54, 1.807) is 54.6 Å². The lowest BCUT2D eigenvalue weighted by Crippen LogP contribution is -2.34. The van der Waals surface area contributed by atoms with Crippen LogP contribution in [-0.2, 0) is 10.0 Å². The number of sulfonamides is 1. The molecule has 0 bridgehead atoms. The molecule has 144 valence electrons. The predicted octanol–water partition coefficient (Wildman–Crippen LogP) is 3.96. The Labute approximate surface area is 161 Å². The molecule has 0 radical (unpaired) electrons. The van der Waals surface area contributed by atoms with Crippen molar-refractivity contribution in [1.82, 2.24) is 5.32 Å². The molecule has 1 saturated carbocycles. The molecule has 1 fully saturated rings. The summed E-state index contributed by atoms with van der Waals surface area (Å²) in [5, 5.41) is 3.10. The van der Waals surface area contributed by atoms with Gasteiger partial charge in [-0.3, -0.25) is 9.10 Å². The fourth-order valence-corrected chi connectivity index (χ4v) is 4.63. The summed E-state index contributed by atoms with van der Waals surface area (Å²) in [6.07, 6.45) is 6.75. The first-order valence-electron chi connectivity index (χ1n) is 9.43. The highest BCUT2D eigenvalue weighted by molar-refractivity contribution is 7.92. The van der Waals surface area contributed by atoms with Gasteiger partial charge in [-0.05, 0) is 43.2 Å². The highest BCUT2D eigenvalue weighted by Gasteiger charge is 2.22. The molecule has 1 N–H and O–H groups in total. The van der Waals surface area contributed by atoms with E-state index in [4.69, 9.17) is 0 Å². The molecule has 0 aromatic heterocycles. The van der Waals surface area contributed by atoms with Gasteiger partial charge < -0.3 is 5.32 Å². The van der Waals surface area contributed by atoms with E-state index < -0.39 is 10.0 Å². The highest BCUT2D eigenvalue weighted by Crippen LogP contribution is 2.23. The van der Waals surface area contributed by atoms with Crippen LogP contribution in [0.2, 0.25) is 0 Å². The van der Waals surface area contributed by atoms with Gasteiger partial charge in [0.05, 0.1) is 10.6 Å². The molecule has 3 rings (SSSR count). The topological polar surface area (TPSA) is 66.5 Å². The summed E-state index contributed by atoms with van der Waals surface area (Å²) in [6.45, 7) is 0. The maximum Gasteiger partial charge on any atom is 0.264 e. The standard InChI is InChI=1S/C21H26N2O3S/c1-23(27(25,26)20-14-7-4-8-15-20)19-13-9-10-17(16-19)21(24)22-18-11-5-2-3-6-12-18/h4,7-10,13-16,18H,2-3,5-6,11-12H2,1H3,(H,22,24). The van der Waals surface area contributed by atoms with Gasteiger partial charge in [0.1, 0.15) is 0 Å². The number of nitrogens with zero attached hydrogens (tertiary/aromatic N) is 1. The average Bonchev–Trinajstić information content (AvgIpc) is 2.97. The molecule has 27 heavy (non-hydrogen) atoms. The molecule has 0 heterocycles. The normalized spacial score (nSPS) is 15.7. The van der Waals surface area contributed by atoms with Gasteiger partial charge >= 0.3 is 0 Å². The van der Waals surface area contributed by atoms with Crippen molar-refractivity contribution in [1.29, 1.82) is 0 Å². The fourth-order valence-electron chi connectivity index (χ4n) is 3.42. The zero-order valence-electron chi connectivity index (χ0n) is 15.6. The van der Waals surface area contributed by atoms with Crippen molar-refractivity contribution >= 4 is 21.6 Å². The van der Waals surface area contributed by atoms with Gasteiger partial charge in [-0.15, -0.1) is 0 Å². The zero-order valence-corrected chi connectivity index (χ0v) is 16.4. The predicted molar refractivity (Wildman–Crippen MR) is 107 cm³/mol. The lowest BCUT2D eigenvalue weighted by molar-refractivity contribution is 0.0933. The van der Waals surface area contributed by atoms with Crippen LogP contribution >= 0.6 is 0 Å². The number of amides is 1. The minimum absolute atomic E-state index is 0.144. The molecule has 1 aliphatic rings. The smallest absolute Gasteiger partial charge is 0.264 e. The van der Waals surface area contributed by atoms with E-state index in [0.29, 0.717) is 11.3 Å². The van der Waals surface area contributed by atoms with E-state index in [9.17, 15) is 13.2 Å². The summed E-state index contributed by atoms with van der Waals surface area (Å²) < 4.78 is 26.8. The first kappa shape index (κ1) is 19.4. The van der Waals surface area contributed by atoms with E-state index in [1.807, 2.05) is 0 Å². The summed E-state index contributed by atoms with van der Waals surface area (Å²) in [5.41, 5.74) is 0.944. The molecule has 2 aromatic carbocycles. The SMILES string of the molecule is CN(c1cccc(C(=O)NC2CCCCCC2)c1)S(=O)(=O)c1ccccc1. The Kier molecular flexibility index (Phi) is 6.16. The van der Waals surface area contributed by atoms with Gasteiger partial charge in [0, 0.05) is 18.7 Å². The summed E-state index contributed by atoms with van der Waals surface area (Å²) >= 11 is 0. The molecule has 2 aromatic rings. The zero-order chi connectivity index (χ0) is 19.3. The lowest BCUT2D eigenvalue weighted by atomic mass is 10.1. The molecule has 1 aliphatic carbocycles. The Hall–Kier alpha value is -2.34. The van der Waals surface area contributed by atoms with Crippen LogP contribution in [0, 0.1) is 0 Å². The summed E-state index contributed by atoms with van der Waals surface area (Å²) in [6, 6.07) is 15.3. The summed E-state index contributed by atoms with van der Waals surface area (Å²) in [5.74, 6) is -0.144. The number of hydrogen-bond acceptors (Lipinski definition) is 3. The van der Waals surface area contributed by atoms with Crippen LogP contribution in [0.15, 0.2) is 59.5 Å². The van der Waals surface area contributed by atoms with Gasteiger partial charge in [-0.1, -0.05) is 49.9 Å². The number of carbonyl (C=O) groups excluding carboxylic acids is 1. The number of carbonyl (C=O) groups is 1. The van der Waals surface area contributed by atoms with E-state index in [1.165, 1.54) is 24.2 Å². The van der Waals surface area contributed by atoms with Gasteiger partial charge in [0.25, 0.3) is 15.9 Å². The van der Waals surface area contributed by atoms with Crippen molar-refractivity contribution in [2.45, 2.75) is 49.5 Å². The minimum Gasteiger partial charge on any atom is -0.349 e. The summed E-state index contributed by atoms with van der Waals surface area (Å²) in [7, 11) is -2.16. The molecular weight excluding hydrogens is 360 g/mol. The van der Waals surface area contributed by atoms with Gasteiger partial charge in [-0.25, -0.2) is 8.42 Å². The Morgan fingerprint density at radius 2 is 1.63 bits per heavy atom. The molecule has 6 heteroatoms. The maximum absolute atomic E-state index is 12.8. The fraction of sp³-hybridized carbons (Fsp3) is 0.381. The van der Waals surface area contributed by atoms with Crippen molar-refractivity contribution in [3.8, 4) is 0 Å². The third kappa shape index (κ3) is 4.69. The second kappa shape index (κ2) is 8.57. The van der Waals surface area contributed by atoms with Crippen LogP contribution in [0.1, 0.15) is 48.9 Å². The van der Waals surface area contributed by atoms with Crippen molar-refractivity contribution < 1.29 is 13.2 Å². The second-order valence-corrected chi connectivity index (χ2v) is 8.97. The molecule has 0 unspecified atom stereocenters. The van der Waals surface area contributed by atoms with Crippen LogP contribution in [0.3, 0.4) is 0 Å². The average molecular weight is 387 g/mol. The van der Waals surface area contributed by atoms with Crippen LogP contribution in [0.4, 0.5) is 5.69 Å². The molecule has 0 aliphatic heterocycles. The van der Waals surface area contributed by atoms with E-state index in [-0.39, 0.29) is 16.8 Å². The molecule has 0 spiro atoms. The monoisotopic (exact) mass is 386 g/mol. The lowest BCUT2D eigenvalue weighted by Gasteiger charge is -2.21. The number of nitrogens with one attached hydrogen (secondary N) is 1. The third-order valence-electron chi connectivity index (χ3n) is 5.06. The van der Waals surface area contributed by atoms with Crippen molar-refractivity contribution in [3.05, 3.63) is 60.2 Å². The quantitative estimate of drug-likeness (QED) is 0.791. The number of rotatable bonds is 5. The maximum atomic E-state index is 12.8. The van der Waals surface area contributed by atoms with Crippen LogP contribution in [0.25, 0.3) is 0 Å². The van der Waals surface area contributed by atoms with Crippen LogP contribution in [-0.4, -0.2) is 27.4 Å². The van der Waals surface area contributed by atoms with E-state index >= 15 is 0 Å². The first-order valence-corrected chi connectivity index (χ1v) is 10.9. The number of benzene rings is 2. The Balaban J connectivity index is 1.77. The van der Waals surface area contributed by atoms with Gasteiger partial charge in [0.2, 0.25) is 0 Å². The molecule has 0 saturated heterocycles. The van der Waals surface area contributed by atoms with E-state index in [2.05, 4.69) is 5.32 Å². The van der Waals surface area contributed by atoms with Crippen molar-refractivity contribution in [2.24, 2.45) is 0 Å². The van der Waals surface area contributed by atoms with Crippen molar-refractivity contribution in [2.75, 3.05) is 11.4 Å².